The summed E-state index contributed by atoms with van der Waals surface area (Å²) in [4.78, 5) is 10.8. The Morgan fingerprint density at radius 1 is 0.955 bits per heavy atom. The minimum absolute atomic E-state index is 0.175. The molecule has 3 atom stereocenters. The number of ether oxygens (including phenoxy) is 1. The minimum Gasteiger partial charge on any atom is -0.394 e. The largest absolute Gasteiger partial charge is 0.394 e. The van der Waals surface area contributed by atoms with Gasteiger partial charge in [-0.3, -0.25) is 4.79 Å². The van der Waals surface area contributed by atoms with Crippen molar-refractivity contribution in [2.45, 2.75) is 89.4 Å². The van der Waals surface area contributed by atoms with Gasteiger partial charge in [-0.25, -0.2) is 0 Å². The third-order valence-corrected chi connectivity index (χ3v) is 3.75. The maximum absolute atomic E-state index is 10.8. The Morgan fingerprint density at radius 2 is 1.50 bits per heavy atom. The SMILES string of the molecule is CCCCCCCCCCCC(O)C([C]=O)OCC(O)CO. The van der Waals surface area contributed by atoms with Crippen molar-refractivity contribution in [1.29, 1.82) is 0 Å². The summed E-state index contributed by atoms with van der Waals surface area (Å²) in [6.07, 6.45) is 9.91. The highest BCUT2D eigenvalue weighted by molar-refractivity contribution is 5.57. The van der Waals surface area contributed by atoms with E-state index in [9.17, 15) is 9.90 Å². The zero-order chi connectivity index (χ0) is 16.6. The molecular formula is C17H33O5. The van der Waals surface area contributed by atoms with Crippen LogP contribution in [0.4, 0.5) is 0 Å². The van der Waals surface area contributed by atoms with Crippen molar-refractivity contribution in [3.05, 3.63) is 0 Å². The highest BCUT2D eigenvalue weighted by atomic mass is 16.5. The van der Waals surface area contributed by atoms with Crippen molar-refractivity contribution < 1.29 is 24.9 Å². The molecule has 22 heavy (non-hydrogen) atoms. The summed E-state index contributed by atoms with van der Waals surface area (Å²) < 4.78 is 5.06. The molecule has 0 spiro atoms. The van der Waals surface area contributed by atoms with Gasteiger partial charge in [-0.2, -0.15) is 0 Å². The number of aliphatic hydroxyl groups excluding tert-OH is 3. The topological polar surface area (TPSA) is 87.0 Å². The minimum atomic E-state index is -1.05. The first-order chi connectivity index (χ1) is 10.7. The number of hydrogen-bond acceptors (Lipinski definition) is 5. The molecule has 3 N–H and O–H groups in total. The molecule has 0 amide bonds. The average Bonchev–Trinajstić information content (AvgIpc) is 2.53. The van der Waals surface area contributed by atoms with Crippen molar-refractivity contribution in [1.82, 2.24) is 0 Å². The molecule has 0 aliphatic rings. The highest BCUT2D eigenvalue weighted by Gasteiger charge is 2.20. The summed E-state index contributed by atoms with van der Waals surface area (Å²) >= 11 is 0. The Balaban J connectivity index is 3.56. The number of carbonyl (C=O) groups excluding carboxylic acids is 1. The van der Waals surface area contributed by atoms with Crippen LogP contribution in [-0.2, 0) is 9.53 Å². The van der Waals surface area contributed by atoms with Crippen LogP contribution in [0.5, 0.6) is 0 Å². The van der Waals surface area contributed by atoms with Crippen molar-refractivity contribution in [3.8, 4) is 0 Å². The second kappa shape index (κ2) is 15.4. The first kappa shape index (κ1) is 21.5. The molecule has 0 aromatic heterocycles. The van der Waals surface area contributed by atoms with Gasteiger partial charge in [-0.1, -0.05) is 64.7 Å². The van der Waals surface area contributed by atoms with Gasteiger partial charge in [0.25, 0.3) is 0 Å². The predicted octanol–water partition coefficient (Wildman–Crippen LogP) is 2.12. The molecular weight excluding hydrogens is 284 g/mol. The van der Waals surface area contributed by atoms with Gasteiger partial charge in [0.05, 0.1) is 19.3 Å². The molecule has 0 saturated carbocycles. The molecule has 131 valence electrons. The average molecular weight is 317 g/mol. The fourth-order valence-electron chi connectivity index (χ4n) is 2.31. The van der Waals surface area contributed by atoms with Gasteiger partial charge in [0.15, 0.2) is 0 Å². The van der Waals surface area contributed by atoms with Crippen molar-refractivity contribution >= 4 is 6.29 Å². The van der Waals surface area contributed by atoms with Crippen LogP contribution in [0, 0.1) is 0 Å². The lowest BCUT2D eigenvalue weighted by Gasteiger charge is -2.19. The Labute approximate surface area is 134 Å². The molecule has 0 fully saturated rings. The maximum atomic E-state index is 10.8. The molecule has 5 heteroatoms. The van der Waals surface area contributed by atoms with Crippen LogP contribution >= 0.6 is 0 Å². The molecule has 0 bridgehead atoms. The zero-order valence-electron chi connectivity index (χ0n) is 13.9. The van der Waals surface area contributed by atoms with Crippen molar-refractivity contribution in [2.75, 3.05) is 13.2 Å². The summed E-state index contributed by atoms with van der Waals surface area (Å²) in [5.74, 6) is 0. The molecule has 0 aromatic rings. The monoisotopic (exact) mass is 317 g/mol. The Hall–Kier alpha value is -0.490. The van der Waals surface area contributed by atoms with Gasteiger partial charge in [0, 0.05) is 0 Å². The molecule has 0 aliphatic heterocycles. The maximum Gasteiger partial charge on any atom is 0.232 e. The van der Waals surface area contributed by atoms with Crippen LogP contribution in [0.3, 0.4) is 0 Å². The van der Waals surface area contributed by atoms with Gasteiger partial charge < -0.3 is 20.1 Å². The van der Waals surface area contributed by atoms with E-state index in [-0.39, 0.29) is 6.61 Å². The van der Waals surface area contributed by atoms with Crippen molar-refractivity contribution in [2.24, 2.45) is 0 Å². The lowest BCUT2D eigenvalue weighted by molar-refractivity contribution is -0.0501. The summed E-state index contributed by atoms with van der Waals surface area (Å²) in [7, 11) is 0. The van der Waals surface area contributed by atoms with E-state index >= 15 is 0 Å². The summed E-state index contributed by atoms with van der Waals surface area (Å²) in [5, 5.41) is 27.7. The van der Waals surface area contributed by atoms with Crippen LogP contribution in [0.15, 0.2) is 0 Å². The molecule has 3 unspecified atom stereocenters. The second-order valence-electron chi connectivity index (χ2n) is 5.89. The lowest BCUT2D eigenvalue weighted by Crippen LogP contribution is -2.34. The molecule has 5 nitrogen and oxygen atoms in total. The normalized spacial score (nSPS) is 15.5. The van der Waals surface area contributed by atoms with Gasteiger partial charge in [0.2, 0.25) is 6.29 Å². The smallest absolute Gasteiger partial charge is 0.232 e. The summed E-state index contributed by atoms with van der Waals surface area (Å²) in [6, 6.07) is 0. The number of aliphatic hydroxyl groups is 3. The second-order valence-corrected chi connectivity index (χ2v) is 5.89. The van der Waals surface area contributed by atoms with Crippen LogP contribution in [0.2, 0.25) is 0 Å². The van der Waals surface area contributed by atoms with Crippen molar-refractivity contribution in [3.63, 3.8) is 0 Å². The Morgan fingerprint density at radius 3 is 2.00 bits per heavy atom. The Bertz CT molecular complexity index is 247. The summed E-state index contributed by atoms with van der Waals surface area (Å²) in [6.45, 7) is 1.61. The van der Waals surface area contributed by atoms with Gasteiger partial charge in [-0.05, 0) is 6.42 Å². The van der Waals surface area contributed by atoms with E-state index in [4.69, 9.17) is 14.9 Å². The van der Waals surface area contributed by atoms with E-state index in [1.807, 2.05) is 0 Å². The number of rotatable bonds is 16. The zero-order valence-corrected chi connectivity index (χ0v) is 13.9. The first-order valence-electron chi connectivity index (χ1n) is 8.61. The van der Waals surface area contributed by atoms with Gasteiger partial charge >= 0.3 is 0 Å². The third kappa shape index (κ3) is 12.1. The quantitative estimate of drug-likeness (QED) is 0.380. The Kier molecular flexibility index (Phi) is 15.1. The van der Waals surface area contributed by atoms with E-state index in [0.717, 1.165) is 19.3 Å². The molecule has 0 saturated heterocycles. The van der Waals surface area contributed by atoms with Gasteiger partial charge in [0.1, 0.15) is 12.2 Å². The predicted molar refractivity (Wildman–Crippen MR) is 86.4 cm³/mol. The van der Waals surface area contributed by atoms with Gasteiger partial charge in [-0.15, -0.1) is 0 Å². The van der Waals surface area contributed by atoms with Crippen LogP contribution in [0.25, 0.3) is 0 Å². The third-order valence-electron chi connectivity index (χ3n) is 3.75. The highest BCUT2D eigenvalue weighted by Crippen LogP contribution is 2.13. The fourth-order valence-corrected chi connectivity index (χ4v) is 2.31. The first-order valence-corrected chi connectivity index (χ1v) is 8.61. The van der Waals surface area contributed by atoms with Crippen LogP contribution in [0.1, 0.15) is 71.1 Å². The molecule has 1 radical (unpaired) electrons. The molecule has 0 rings (SSSR count). The van der Waals surface area contributed by atoms with Crippen LogP contribution < -0.4 is 0 Å². The van der Waals surface area contributed by atoms with E-state index in [1.165, 1.54) is 38.5 Å². The summed E-state index contributed by atoms with van der Waals surface area (Å²) in [5.41, 5.74) is 0. The molecule has 0 heterocycles. The van der Waals surface area contributed by atoms with Crippen LogP contribution in [-0.4, -0.2) is 53.1 Å². The van der Waals surface area contributed by atoms with E-state index in [1.54, 1.807) is 6.29 Å². The number of unbranched alkanes of at least 4 members (excludes halogenated alkanes) is 8. The lowest BCUT2D eigenvalue weighted by atomic mass is 10.0. The van der Waals surface area contributed by atoms with E-state index in [2.05, 4.69) is 6.92 Å². The standard InChI is InChI=1S/C17H33O5/c1-2-3-4-5-6-7-8-9-10-11-16(21)17(13-19)22-14-15(20)12-18/h15-18,20-21H,2-12,14H2,1H3. The number of hydrogen-bond donors (Lipinski definition) is 3. The van der Waals surface area contributed by atoms with E-state index < -0.39 is 24.9 Å². The molecule has 0 aliphatic carbocycles. The van der Waals surface area contributed by atoms with E-state index in [0.29, 0.717) is 6.42 Å². The fraction of sp³-hybridized carbons (Fsp3) is 0.941. The molecule has 0 aromatic carbocycles.